The van der Waals surface area contributed by atoms with E-state index >= 15 is 0 Å². The van der Waals surface area contributed by atoms with Crippen LogP contribution < -0.4 is 0 Å². The molecule has 0 rings (SSSR count). The Morgan fingerprint density at radius 3 is 2.11 bits per heavy atom. The van der Waals surface area contributed by atoms with Gasteiger partial charge in [-0.2, -0.15) is 0 Å². The van der Waals surface area contributed by atoms with Crippen LogP contribution in [0.5, 0.6) is 0 Å². The molecule has 0 N–H and O–H groups in total. The van der Waals surface area contributed by atoms with Crippen LogP contribution in [0.4, 0.5) is 0 Å². The molecule has 0 aliphatic rings. The van der Waals surface area contributed by atoms with Crippen molar-refractivity contribution in [2.45, 2.75) is 13.3 Å². The van der Waals surface area contributed by atoms with E-state index in [1.165, 1.54) is 18.8 Å². The molecule has 0 aliphatic carbocycles. The van der Waals surface area contributed by atoms with Gasteiger partial charge in [-0.1, -0.05) is 18.7 Å². The van der Waals surface area contributed by atoms with Gasteiger partial charge in [0.05, 0.1) is 0 Å². The molecule has 0 radical (unpaired) electrons. The van der Waals surface area contributed by atoms with E-state index < -0.39 is 0 Å². The fourth-order valence-electron chi connectivity index (χ4n) is 0.496. The highest BCUT2D eigenvalue weighted by Crippen LogP contribution is 1.99. The van der Waals surface area contributed by atoms with Crippen molar-refractivity contribution in [1.82, 2.24) is 0 Å². The summed E-state index contributed by atoms with van der Waals surface area (Å²) in [5.74, 6) is 0. The molecule has 0 atom stereocenters. The molecule has 0 amide bonds. The second-order valence-electron chi connectivity index (χ2n) is 1.45. The Morgan fingerprint density at radius 1 is 1.67 bits per heavy atom. The molecule has 0 spiro atoms. The van der Waals surface area contributed by atoms with Crippen LogP contribution in [0.2, 0.25) is 0 Å². The van der Waals surface area contributed by atoms with Crippen molar-refractivity contribution in [3.05, 3.63) is 5.21 Å². The number of hydrogen-bond acceptors (Lipinski definition) is 2. The van der Waals surface area contributed by atoms with Crippen LogP contribution in [0.15, 0.2) is 0 Å². The third-order valence-corrected chi connectivity index (χ3v) is 1.91. The van der Waals surface area contributed by atoms with E-state index in [0.29, 0.717) is 0 Å². The number of hydroxylamine groups is 1. The van der Waals surface area contributed by atoms with E-state index in [1.807, 2.05) is 13.2 Å². The molecule has 0 aromatic carbocycles. The zero-order valence-corrected chi connectivity index (χ0v) is 9.03. The van der Waals surface area contributed by atoms with E-state index in [0.717, 1.165) is 16.2 Å². The van der Waals surface area contributed by atoms with Crippen LogP contribution in [0, 0.1) is 5.21 Å². The first-order valence-electron chi connectivity index (χ1n) is 2.53. The molecule has 2 nitrogen and oxygen atoms in total. The number of rotatable bonds is 1. The first kappa shape index (κ1) is 12.2. The van der Waals surface area contributed by atoms with Gasteiger partial charge < -0.3 is 5.21 Å². The average molecular weight is 261 g/mol. The highest BCUT2D eigenvalue weighted by Gasteiger charge is 1.97. The highest BCUT2D eigenvalue weighted by molar-refractivity contribution is 14.0. The molecule has 0 saturated heterocycles. The van der Waals surface area contributed by atoms with Crippen LogP contribution in [-0.2, 0) is 0 Å². The van der Waals surface area contributed by atoms with Gasteiger partial charge in [-0.25, -0.2) is 4.74 Å². The summed E-state index contributed by atoms with van der Waals surface area (Å²) >= 11 is 1.51. The maximum atomic E-state index is 10.5. The Hall–Kier alpha value is 0.550. The molecule has 0 aliphatic heterocycles. The molecule has 0 bridgehead atoms. The molecule has 4 heteroatoms. The van der Waals surface area contributed by atoms with Gasteiger partial charge in [0.1, 0.15) is 7.05 Å². The third kappa shape index (κ3) is 5.02. The minimum absolute atomic E-state index is 0. The van der Waals surface area contributed by atoms with Gasteiger partial charge in [0.15, 0.2) is 0 Å². The van der Waals surface area contributed by atoms with Gasteiger partial charge in [-0.15, -0.1) is 24.0 Å². The quantitative estimate of drug-likeness (QED) is 0.180. The molecule has 0 fully saturated rings. The number of halogens is 1. The summed E-state index contributed by atoms with van der Waals surface area (Å²) in [7, 11) is 1.52. The Kier molecular flexibility index (Phi) is 9.07. The predicted molar refractivity (Wildman–Crippen MR) is 53.8 cm³/mol. The second kappa shape index (κ2) is 6.67. The largest absolute Gasteiger partial charge is 0.623 e. The Balaban J connectivity index is 0. The lowest BCUT2D eigenvalue weighted by molar-refractivity contribution is -0.420. The summed E-state index contributed by atoms with van der Waals surface area (Å²) in [4.78, 5) is 0. The second-order valence-corrected chi connectivity index (χ2v) is 2.33. The summed E-state index contributed by atoms with van der Waals surface area (Å²) in [5.41, 5.74) is 0. The SMILES string of the molecule is CCC(SC)=[N+](C)[O-].I. The number of hydrogen-bond donors (Lipinski definition) is 0. The highest BCUT2D eigenvalue weighted by atomic mass is 127. The standard InChI is InChI=1S/C5H11NOS.HI/c1-4-5(8-3)6(2)7;/h4H2,1-3H3;1H. The van der Waals surface area contributed by atoms with E-state index in [1.54, 1.807) is 0 Å². The van der Waals surface area contributed by atoms with E-state index in [-0.39, 0.29) is 24.0 Å². The van der Waals surface area contributed by atoms with Crippen molar-refractivity contribution < 1.29 is 4.74 Å². The molecule has 0 aromatic heterocycles. The van der Waals surface area contributed by atoms with Crippen molar-refractivity contribution in [3.63, 3.8) is 0 Å². The van der Waals surface area contributed by atoms with Gasteiger partial charge >= 0.3 is 0 Å². The van der Waals surface area contributed by atoms with Crippen molar-refractivity contribution in [1.29, 1.82) is 0 Å². The number of thioether (sulfide) groups is 1. The van der Waals surface area contributed by atoms with E-state index in [2.05, 4.69) is 0 Å². The van der Waals surface area contributed by atoms with Crippen molar-refractivity contribution >= 4 is 40.8 Å². The summed E-state index contributed by atoms with van der Waals surface area (Å²) in [6.45, 7) is 1.97. The fourth-order valence-corrected chi connectivity index (χ4v) is 1.04. The first-order chi connectivity index (χ1) is 3.72. The van der Waals surface area contributed by atoms with Crippen LogP contribution >= 0.6 is 35.7 Å². The normalized spacial score (nSPS) is 11.9. The minimum atomic E-state index is 0. The number of nitrogens with zero attached hydrogens (tertiary/aromatic N) is 1. The van der Waals surface area contributed by atoms with Gasteiger partial charge in [0, 0.05) is 6.42 Å². The molecule has 0 saturated carbocycles. The van der Waals surface area contributed by atoms with Crippen LogP contribution in [-0.4, -0.2) is 23.1 Å². The molecular weight excluding hydrogens is 249 g/mol. The lowest BCUT2D eigenvalue weighted by atomic mass is 10.5. The topological polar surface area (TPSA) is 26.1 Å². The maximum Gasteiger partial charge on any atom is 0.220 e. The first-order valence-corrected chi connectivity index (χ1v) is 3.75. The zero-order chi connectivity index (χ0) is 6.57. The molecular formula is C5H12INOS. The Morgan fingerprint density at radius 2 is 2.11 bits per heavy atom. The van der Waals surface area contributed by atoms with Crippen molar-refractivity contribution in [2.75, 3.05) is 13.3 Å². The average Bonchev–Trinajstić information content (AvgIpc) is 1.69. The molecule has 0 heterocycles. The monoisotopic (exact) mass is 261 g/mol. The van der Waals surface area contributed by atoms with E-state index in [9.17, 15) is 5.21 Å². The molecule has 0 unspecified atom stereocenters. The maximum absolute atomic E-state index is 10.5. The lowest BCUT2D eigenvalue weighted by Gasteiger charge is -1.99. The summed E-state index contributed by atoms with van der Waals surface area (Å²) in [6.07, 6.45) is 2.74. The Labute approximate surface area is 77.3 Å². The van der Waals surface area contributed by atoms with Crippen LogP contribution in [0.25, 0.3) is 0 Å². The molecule has 0 aromatic rings. The summed E-state index contributed by atoms with van der Waals surface area (Å²) in [5, 5.41) is 11.3. The van der Waals surface area contributed by atoms with Crippen molar-refractivity contribution in [3.8, 4) is 0 Å². The van der Waals surface area contributed by atoms with Gasteiger partial charge in [0.25, 0.3) is 0 Å². The predicted octanol–water partition coefficient (Wildman–Crippen LogP) is 1.92. The minimum Gasteiger partial charge on any atom is -0.623 e. The summed E-state index contributed by atoms with van der Waals surface area (Å²) < 4.78 is 0.907. The van der Waals surface area contributed by atoms with Gasteiger partial charge in [-0.05, 0) is 6.26 Å². The van der Waals surface area contributed by atoms with Crippen LogP contribution in [0.3, 0.4) is 0 Å². The van der Waals surface area contributed by atoms with Gasteiger partial charge in [-0.3, -0.25) is 0 Å². The third-order valence-electron chi connectivity index (χ3n) is 0.889. The van der Waals surface area contributed by atoms with E-state index in [4.69, 9.17) is 0 Å². The smallest absolute Gasteiger partial charge is 0.220 e. The van der Waals surface area contributed by atoms with Crippen LogP contribution in [0.1, 0.15) is 13.3 Å². The molecule has 9 heavy (non-hydrogen) atoms. The van der Waals surface area contributed by atoms with Gasteiger partial charge in [0.2, 0.25) is 5.04 Å². The summed E-state index contributed by atoms with van der Waals surface area (Å²) in [6, 6.07) is 0. The van der Waals surface area contributed by atoms with Crippen molar-refractivity contribution in [2.24, 2.45) is 0 Å². The lowest BCUT2D eigenvalue weighted by Crippen LogP contribution is -2.05. The zero-order valence-electron chi connectivity index (χ0n) is 5.88. The Bertz CT molecular complexity index is 95.1. The molecule has 56 valence electrons. The fraction of sp³-hybridized carbons (Fsp3) is 0.800.